The van der Waals surface area contributed by atoms with Crippen molar-refractivity contribution in [2.24, 2.45) is 4.99 Å². The highest BCUT2D eigenvalue weighted by atomic mass is 127. The summed E-state index contributed by atoms with van der Waals surface area (Å²) in [4.78, 5) is 24.4. The van der Waals surface area contributed by atoms with Gasteiger partial charge in [0.2, 0.25) is 5.89 Å². The summed E-state index contributed by atoms with van der Waals surface area (Å²) in [6, 6.07) is 0. The van der Waals surface area contributed by atoms with Crippen molar-refractivity contribution in [1.82, 2.24) is 25.3 Å². The molecule has 0 saturated carbocycles. The molecule has 1 saturated heterocycles. The van der Waals surface area contributed by atoms with E-state index in [4.69, 9.17) is 9.26 Å². The van der Waals surface area contributed by atoms with Crippen LogP contribution in [0, 0.1) is 0 Å². The van der Waals surface area contributed by atoms with Crippen LogP contribution >= 0.6 is 24.0 Å². The first kappa shape index (κ1) is 23.4. The van der Waals surface area contributed by atoms with Crippen molar-refractivity contribution >= 4 is 36.0 Å². The summed E-state index contributed by atoms with van der Waals surface area (Å²) >= 11 is 0. The lowest BCUT2D eigenvalue weighted by Gasteiger charge is -2.35. The number of aliphatic imine (C=N–C) groups is 1. The van der Waals surface area contributed by atoms with E-state index in [-0.39, 0.29) is 36.0 Å². The van der Waals surface area contributed by atoms with Crippen molar-refractivity contribution in [3.63, 3.8) is 0 Å². The lowest BCUT2D eigenvalue weighted by Crippen LogP contribution is -2.54. The van der Waals surface area contributed by atoms with Gasteiger partial charge >= 0.3 is 6.09 Å². The van der Waals surface area contributed by atoms with Crippen LogP contribution in [0.1, 0.15) is 44.8 Å². The van der Waals surface area contributed by atoms with E-state index in [1.165, 1.54) is 0 Å². The van der Waals surface area contributed by atoms with Crippen LogP contribution in [0.15, 0.2) is 9.52 Å². The number of ether oxygens (including phenoxy) is 1. The zero-order valence-corrected chi connectivity index (χ0v) is 18.9. The number of carbonyl (C=O) groups is 1. The Hall–Kier alpha value is -1.59. The molecule has 2 rings (SSSR count). The topological polar surface area (TPSA) is 96.1 Å². The monoisotopic (exact) mass is 494 g/mol. The van der Waals surface area contributed by atoms with Gasteiger partial charge in [0.15, 0.2) is 11.8 Å². The van der Waals surface area contributed by atoms with Gasteiger partial charge in [0, 0.05) is 52.1 Å². The molecule has 0 aromatic carbocycles. The molecule has 9 nitrogen and oxygen atoms in total. The first-order valence-corrected chi connectivity index (χ1v) is 9.24. The van der Waals surface area contributed by atoms with E-state index in [1.807, 2.05) is 20.8 Å². The Kier molecular flexibility index (Phi) is 10.4. The average Bonchev–Trinajstić information content (AvgIpc) is 3.11. The SMILES string of the molecule is CCOC(=O)N1CCN(C(=NC)NCCCc2nc(C(C)C)no2)CC1.I. The molecule has 1 aromatic heterocycles. The summed E-state index contributed by atoms with van der Waals surface area (Å²) in [6.07, 6.45) is 1.37. The van der Waals surface area contributed by atoms with Gasteiger partial charge in [0.1, 0.15) is 0 Å². The molecule has 1 aliphatic rings. The Bertz CT molecular complexity index is 599. The van der Waals surface area contributed by atoms with Crippen molar-refractivity contribution in [3.8, 4) is 0 Å². The summed E-state index contributed by atoms with van der Waals surface area (Å²) in [6.45, 7) is 9.82. The number of rotatable bonds is 6. The lowest BCUT2D eigenvalue weighted by molar-refractivity contribution is 0.0914. The smallest absolute Gasteiger partial charge is 0.409 e. The molecule has 0 atom stereocenters. The van der Waals surface area contributed by atoms with E-state index in [0.29, 0.717) is 25.6 Å². The molecule has 1 N–H and O–H groups in total. The fourth-order valence-corrected chi connectivity index (χ4v) is 2.69. The predicted octanol–water partition coefficient (Wildman–Crippen LogP) is 2.09. The zero-order valence-electron chi connectivity index (χ0n) is 16.6. The van der Waals surface area contributed by atoms with Gasteiger partial charge in [-0.25, -0.2) is 4.79 Å². The minimum atomic E-state index is -0.240. The zero-order chi connectivity index (χ0) is 18.9. The molecule has 0 aliphatic carbocycles. The van der Waals surface area contributed by atoms with Crippen molar-refractivity contribution in [3.05, 3.63) is 11.7 Å². The second kappa shape index (κ2) is 12.0. The number of aryl methyl sites for hydroxylation is 1. The summed E-state index contributed by atoms with van der Waals surface area (Å²) in [5.74, 6) is 2.55. The molecule has 1 aliphatic heterocycles. The van der Waals surface area contributed by atoms with Crippen LogP contribution in [0.25, 0.3) is 0 Å². The van der Waals surface area contributed by atoms with Gasteiger partial charge in [-0.05, 0) is 13.3 Å². The molecule has 2 heterocycles. The van der Waals surface area contributed by atoms with Crippen LogP contribution in [-0.4, -0.2) is 78.4 Å². The molecule has 0 radical (unpaired) electrons. The third-order valence-electron chi connectivity index (χ3n) is 4.17. The first-order chi connectivity index (χ1) is 12.5. The number of guanidine groups is 1. The molecule has 1 amide bonds. The van der Waals surface area contributed by atoms with E-state index in [9.17, 15) is 4.79 Å². The normalized spacial score (nSPS) is 14.9. The van der Waals surface area contributed by atoms with Gasteiger partial charge < -0.3 is 24.4 Å². The molecule has 10 heteroatoms. The molecule has 1 aromatic rings. The number of halogens is 1. The maximum absolute atomic E-state index is 11.8. The second-order valence-corrected chi connectivity index (χ2v) is 6.45. The third-order valence-corrected chi connectivity index (χ3v) is 4.17. The number of nitrogens with zero attached hydrogens (tertiary/aromatic N) is 5. The summed E-state index contributed by atoms with van der Waals surface area (Å²) < 4.78 is 10.3. The van der Waals surface area contributed by atoms with Crippen LogP contribution in [0.2, 0.25) is 0 Å². The highest BCUT2D eigenvalue weighted by Gasteiger charge is 2.23. The van der Waals surface area contributed by atoms with Crippen LogP contribution in [-0.2, 0) is 11.2 Å². The van der Waals surface area contributed by atoms with Crippen molar-refractivity contribution in [1.29, 1.82) is 0 Å². The average molecular weight is 494 g/mol. The summed E-state index contributed by atoms with van der Waals surface area (Å²) in [5.41, 5.74) is 0. The summed E-state index contributed by atoms with van der Waals surface area (Å²) in [7, 11) is 1.77. The Morgan fingerprint density at radius 2 is 1.96 bits per heavy atom. The van der Waals surface area contributed by atoms with Crippen LogP contribution in [0.3, 0.4) is 0 Å². The van der Waals surface area contributed by atoms with Crippen molar-refractivity contribution < 1.29 is 14.1 Å². The molecule has 0 bridgehead atoms. The lowest BCUT2D eigenvalue weighted by atomic mass is 10.2. The number of amides is 1. The van der Waals surface area contributed by atoms with Gasteiger partial charge in [-0.3, -0.25) is 4.99 Å². The van der Waals surface area contributed by atoms with Gasteiger partial charge in [-0.15, -0.1) is 24.0 Å². The van der Waals surface area contributed by atoms with Gasteiger partial charge in [-0.1, -0.05) is 19.0 Å². The van der Waals surface area contributed by atoms with E-state index >= 15 is 0 Å². The number of piperazine rings is 1. The van der Waals surface area contributed by atoms with Crippen LogP contribution in [0.5, 0.6) is 0 Å². The van der Waals surface area contributed by atoms with Crippen LogP contribution < -0.4 is 5.32 Å². The highest BCUT2D eigenvalue weighted by molar-refractivity contribution is 14.0. The van der Waals surface area contributed by atoms with E-state index in [1.54, 1.807) is 11.9 Å². The number of carbonyl (C=O) groups excluding carboxylic acids is 1. The Morgan fingerprint density at radius 3 is 2.52 bits per heavy atom. The minimum Gasteiger partial charge on any atom is -0.450 e. The van der Waals surface area contributed by atoms with Crippen LogP contribution in [0.4, 0.5) is 4.79 Å². The molecule has 0 spiro atoms. The maximum atomic E-state index is 11.8. The quantitative estimate of drug-likeness (QED) is 0.280. The van der Waals surface area contributed by atoms with Crippen molar-refractivity contribution in [2.75, 3.05) is 46.4 Å². The van der Waals surface area contributed by atoms with E-state index < -0.39 is 0 Å². The highest BCUT2D eigenvalue weighted by Crippen LogP contribution is 2.10. The summed E-state index contributed by atoms with van der Waals surface area (Å²) in [5, 5.41) is 7.33. The fourth-order valence-electron chi connectivity index (χ4n) is 2.69. The third kappa shape index (κ3) is 7.15. The Morgan fingerprint density at radius 1 is 1.30 bits per heavy atom. The Labute approximate surface area is 177 Å². The first-order valence-electron chi connectivity index (χ1n) is 9.24. The molecular weight excluding hydrogens is 463 g/mol. The minimum absolute atomic E-state index is 0. The number of nitrogens with one attached hydrogen (secondary N) is 1. The van der Waals surface area contributed by atoms with E-state index in [0.717, 1.165) is 44.3 Å². The standard InChI is InChI=1S/C17H30N6O3.HI/c1-5-25-17(24)23-11-9-22(10-12-23)16(18-4)19-8-6-7-14-20-15(13(2)3)21-26-14;/h13H,5-12H2,1-4H3,(H,18,19);1H. The Balaban J connectivity index is 0.00000364. The largest absolute Gasteiger partial charge is 0.450 e. The van der Waals surface area contributed by atoms with Gasteiger partial charge in [0.25, 0.3) is 0 Å². The van der Waals surface area contributed by atoms with Crippen molar-refractivity contribution in [2.45, 2.75) is 39.5 Å². The predicted molar refractivity (Wildman–Crippen MR) is 114 cm³/mol. The van der Waals surface area contributed by atoms with Gasteiger partial charge in [-0.2, -0.15) is 4.98 Å². The second-order valence-electron chi connectivity index (χ2n) is 6.45. The number of hydrogen-bond acceptors (Lipinski definition) is 6. The number of aromatic nitrogens is 2. The molecule has 27 heavy (non-hydrogen) atoms. The maximum Gasteiger partial charge on any atom is 0.409 e. The van der Waals surface area contributed by atoms with E-state index in [2.05, 4.69) is 25.3 Å². The fraction of sp³-hybridized carbons (Fsp3) is 0.765. The van der Waals surface area contributed by atoms with Gasteiger partial charge in [0.05, 0.1) is 6.61 Å². The molecule has 154 valence electrons. The molecular formula is C17H31IN6O3. The number of hydrogen-bond donors (Lipinski definition) is 1. The molecule has 0 unspecified atom stereocenters. The molecule has 1 fully saturated rings.